The van der Waals surface area contributed by atoms with Gasteiger partial charge in [-0.2, -0.15) is 0 Å². The van der Waals surface area contributed by atoms with Gasteiger partial charge in [-0.1, -0.05) is 30.7 Å². The van der Waals surface area contributed by atoms with Gasteiger partial charge in [0.25, 0.3) is 0 Å². The van der Waals surface area contributed by atoms with Crippen LogP contribution in [0.25, 0.3) is 0 Å². The van der Waals surface area contributed by atoms with Gasteiger partial charge >= 0.3 is 0 Å². The zero-order chi connectivity index (χ0) is 13.8. The smallest absolute Gasteiger partial charge is 0.0406 e. The minimum Gasteiger partial charge on any atom is -0.313 e. The van der Waals surface area contributed by atoms with E-state index in [2.05, 4.69) is 36.2 Å². The number of rotatable bonds is 5. The normalized spacial score (nSPS) is 25.7. The minimum absolute atomic E-state index is 0.417. The summed E-state index contributed by atoms with van der Waals surface area (Å²) in [4.78, 5) is 2.62. The third-order valence-electron chi connectivity index (χ3n) is 4.24. The number of hydrogen-bond donors (Lipinski definition) is 1. The average Bonchev–Trinajstić information content (AvgIpc) is 2.71. The van der Waals surface area contributed by atoms with Gasteiger partial charge in [-0.25, -0.2) is 0 Å². The van der Waals surface area contributed by atoms with E-state index in [1.165, 1.54) is 25.1 Å². The van der Waals surface area contributed by atoms with Crippen LogP contribution in [-0.2, 0) is 0 Å². The lowest BCUT2D eigenvalue weighted by atomic mass is 10.0. The summed E-state index contributed by atoms with van der Waals surface area (Å²) < 4.78 is 0. The number of nitrogens with zero attached hydrogens (tertiary/aromatic N) is 1. The first-order valence-electron chi connectivity index (χ1n) is 7.27. The van der Waals surface area contributed by atoms with Gasteiger partial charge < -0.3 is 10.2 Å². The van der Waals surface area contributed by atoms with Crippen LogP contribution >= 0.6 is 11.6 Å². The topological polar surface area (TPSA) is 15.3 Å². The lowest BCUT2D eigenvalue weighted by Gasteiger charge is -2.24. The molecule has 2 nitrogen and oxygen atoms in total. The minimum atomic E-state index is 0.417. The molecule has 0 spiro atoms. The van der Waals surface area contributed by atoms with Crippen LogP contribution in [0.2, 0.25) is 5.02 Å². The molecule has 106 valence electrons. The van der Waals surface area contributed by atoms with Crippen LogP contribution < -0.4 is 5.32 Å². The quantitative estimate of drug-likeness (QED) is 0.884. The van der Waals surface area contributed by atoms with Crippen LogP contribution in [-0.4, -0.2) is 31.1 Å². The summed E-state index contributed by atoms with van der Waals surface area (Å²) in [6, 6.07) is 9.35. The van der Waals surface area contributed by atoms with Crippen molar-refractivity contribution in [1.29, 1.82) is 0 Å². The highest BCUT2D eigenvalue weighted by atomic mass is 35.5. The molecular formula is C16H25ClN2. The average molecular weight is 281 g/mol. The number of benzene rings is 1. The van der Waals surface area contributed by atoms with Crippen molar-refractivity contribution in [3.05, 3.63) is 34.9 Å². The van der Waals surface area contributed by atoms with Gasteiger partial charge in [0.2, 0.25) is 0 Å². The van der Waals surface area contributed by atoms with Gasteiger partial charge in [-0.15, -0.1) is 0 Å². The van der Waals surface area contributed by atoms with E-state index in [4.69, 9.17) is 11.6 Å². The summed E-state index contributed by atoms with van der Waals surface area (Å²) in [5.74, 6) is 0.846. The molecule has 0 aromatic heterocycles. The Balaban J connectivity index is 1.91. The monoisotopic (exact) mass is 280 g/mol. The fourth-order valence-corrected chi connectivity index (χ4v) is 3.29. The first-order chi connectivity index (χ1) is 9.10. The van der Waals surface area contributed by atoms with Gasteiger partial charge in [0.1, 0.15) is 0 Å². The Bertz CT molecular complexity index is 390. The summed E-state index contributed by atoms with van der Waals surface area (Å²) in [6.07, 6.45) is 2.49. The second kappa shape index (κ2) is 6.74. The molecule has 1 N–H and O–H groups in total. The first-order valence-corrected chi connectivity index (χ1v) is 7.64. The van der Waals surface area contributed by atoms with E-state index in [1.54, 1.807) is 0 Å². The summed E-state index contributed by atoms with van der Waals surface area (Å²) in [5, 5.41) is 4.22. The van der Waals surface area contributed by atoms with Crippen LogP contribution in [0.5, 0.6) is 0 Å². The molecule has 3 unspecified atom stereocenters. The number of nitrogens with one attached hydrogen (secondary N) is 1. The van der Waals surface area contributed by atoms with Crippen molar-refractivity contribution in [3.63, 3.8) is 0 Å². The Hall–Kier alpha value is -0.570. The molecule has 3 atom stereocenters. The van der Waals surface area contributed by atoms with Crippen molar-refractivity contribution in [2.75, 3.05) is 20.1 Å². The molecule has 1 fully saturated rings. The summed E-state index contributed by atoms with van der Waals surface area (Å²) in [5.41, 5.74) is 1.33. The van der Waals surface area contributed by atoms with Crippen LogP contribution in [0.15, 0.2) is 24.3 Å². The molecule has 1 heterocycles. The molecule has 0 amide bonds. The summed E-state index contributed by atoms with van der Waals surface area (Å²) in [7, 11) is 2.04. The van der Waals surface area contributed by atoms with E-state index >= 15 is 0 Å². The van der Waals surface area contributed by atoms with Crippen molar-refractivity contribution < 1.29 is 0 Å². The first kappa shape index (κ1) is 14.8. The number of halogens is 1. The fraction of sp³-hybridized carbons (Fsp3) is 0.625. The highest BCUT2D eigenvalue weighted by molar-refractivity contribution is 6.30. The summed E-state index contributed by atoms with van der Waals surface area (Å²) in [6.45, 7) is 7.11. The van der Waals surface area contributed by atoms with Crippen molar-refractivity contribution in [2.24, 2.45) is 5.92 Å². The van der Waals surface area contributed by atoms with Crippen molar-refractivity contribution in [3.8, 4) is 0 Å². The molecule has 1 aromatic carbocycles. The zero-order valence-corrected chi connectivity index (χ0v) is 13.0. The van der Waals surface area contributed by atoms with Gasteiger partial charge in [-0.05, 0) is 50.4 Å². The van der Waals surface area contributed by atoms with Crippen LogP contribution in [0, 0.1) is 5.92 Å². The Morgan fingerprint density at radius 1 is 1.32 bits per heavy atom. The standard InChI is InChI=1S/C16H25ClN2/c1-12-10-13(2)19(11-12)9-8-16(18-3)14-4-6-15(17)7-5-14/h4-7,12-13,16,18H,8-11H2,1-3H3. The molecule has 1 saturated heterocycles. The maximum Gasteiger partial charge on any atom is 0.0406 e. The lowest BCUT2D eigenvalue weighted by molar-refractivity contribution is 0.250. The third-order valence-corrected chi connectivity index (χ3v) is 4.49. The molecule has 0 bridgehead atoms. The van der Waals surface area contributed by atoms with Crippen LogP contribution in [0.1, 0.15) is 38.3 Å². The molecule has 0 radical (unpaired) electrons. The SMILES string of the molecule is CNC(CCN1CC(C)CC1C)c1ccc(Cl)cc1. The summed E-state index contributed by atoms with van der Waals surface area (Å²) >= 11 is 5.95. The maximum absolute atomic E-state index is 5.95. The lowest BCUT2D eigenvalue weighted by Crippen LogP contribution is -2.31. The maximum atomic E-state index is 5.95. The zero-order valence-electron chi connectivity index (χ0n) is 12.2. The Morgan fingerprint density at radius 2 is 2.00 bits per heavy atom. The molecule has 0 saturated carbocycles. The van der Waals surface area contributed by atoms with E-state index < -0.39 is 0 Å². The molecular weight excluding hydrogens is 256 g/mol. The van der Waals surface area contributed by atoms with Crippen molar-refractivity contribution in [1.82, 2.24) is 10.2 Å². The Labute approximate surface area is 122 Å². The van der Waals surface area contributed by atoms with Crippen LogP contribution in [0.3, 0.4) is 0 Å². The van der Waals surface area contributed by atoms with Gasteiger partial charge in [0.05, 0.1) is 0 Å². The predicted molar refractivity (Wildman–Crippen MR) is 82.7 cm³/mol. The van der Waals surface area contributed by atoms with Gasteiger partial charge in [0, 0.05) is 30.2 Å². The second-order valence-electron chi connectivity index (χ2n) is 5.87. The van der Waals surface area contributed by atoms with Crippen LogP contribution in [0.4, 0.5) is 0 Å². The van der Waals surface area contributed by atoms with Gasteiger partial charge in [-0.3, -0.25) is 0 Å². The van der Waals surface area contributed by atoms with E-state index in [0.29, 0.717) is 6.04 Å². The van der Waals surface area contributed by atoms with E-state index in [9.17, 15) is 0 Å². The third kappa shape index (κ3) is 3.95. The van der Waals surface area contributed by atoms with E-state index in [-0.39, 0.29) is 0 Å². The molecule has 1 aliphatic rings. The Kier molecular flexibility index (Phi) is 5.26. The molecule has 3 heteroatoms. The predicted octanol–water partition coefficient (Wildman–Crippen LogP) is 3.72. The molecule has 2 rings (SSSR count). The van der Waals surface area contributed by atoms with Crippen molar-refractivity contribution in [2.45, 2.75) is 38.8 Å². The highest BCUT2D eigenvalue weighted by Gasteiger charge is 2.26. The number of likely N-dealkylation sites (tertiary alicyclic amines) is 1. The number of hydrogen-bond acceptors (Lipinski definition) is 2. The molecule has 1 aromatic rings. The molecule has 0 aliphatic carbocycles. The molecule has 1 aliphatic heterocycles. The molecule has 19 heavy (non-hydrogen) atoms. The second-order valence-corrected chi connectivity index (χ2v) is 6.30. The fourth-order valence-electron chi connectivity index (χ4n) is 3.17. The van der Waals surface area contributed by atoms with Gasteiger partial charge in [0.15, 0.2) is 0 Å². The van der Waals surface area contributed by atoms with E-state index in [0.717, 1.165) is 23.4 Å². The van der Waals surface area contributed by atoms with Crippen molar-refractivity contribution >= 4 is 11.6 Å². The largest absolute Gasteiger partial charge is 0.313 e. The highest BCUT2D eigenvalue weighted by Crippen LogP contribution is 2.25. The van der Waals surface area contributed by atoms with E-state index in [1.807, 2.05) is 19.2 Å². The Morgan fingerprint density at radius 3 is 2.53 bits per heavy atom.